The van der Waals surface area contributed by atoms with Gasteiger partial charge in [0.05, 0.1) is 29.8 Å². The zero-order chi connectivity index (χ0) is 28.5. The first kappa shape index (κ1) is 26.3. The number of ether oxygens (including phenoxy) is 2. The van der Waals surface area contributed by atoms with E-state index in [0.717, 1.165) is 36.6 Å². The van der Waals surface area contributed by atoms with Crippen molar-refractivity contribution in [1.29, 1.82) is 0 Å². The molecule has 41 heavy (non-hydrogen) atoms. The van der Waals surface area contributed by atoms with Gasteiger partial charge in [-0.15, -0.1) is 0 Å². The van der Waals surface area contributed by atoms with E-state index >= 15 is 0 Å². The molecule has 2 aromatic heterocycles. The van der Waals surface area contributed by atoms with Crippen LogP contribution in [0.25, 0.3) is 0 Å². The Morgan fingerprint density at radius 3 is 2.56 bits per heavy atom. The fourth-order valence-electron chi connectivity index (χ4n) is 7.19. The second-order valence-corrected chi connectivity index (χ2v) is 12.2. The van der Waals surface area contributed by atoms with Gasteiger partial charge in [-0.2, -0.15) is 0 Å². The maximum absolute atomic E-state index is 14.8. The first-order valence-electron chi connectivity index (χ1n) is 13.9. The number of methoxy groups -OCH3 is 1. The van der Waals surface area contributed by atoms with Crippen molar-refractivity contribution in [2.24, 2.45) is 0 Å². The number of nitrogens with one attached hydrogen (secondary N) is 1. The molecule has 3 heterocycles. The minimum Gasteiger partial charge on any atom is -0.496 e. The maximum atomic E-state index is 14.8. The lowest BCUT2D eigenvalue weighted by Crippen LogP contribution is -2.49. The lowest BCUT2D eigenvalue weighted by atomic mass is 9.70. The van der Waals surface area contributed by atoms with E-state index in [4.69, 9.17) is 14.5 Å². The largest absolute Gasteiger partial charge is 0.496 e. The molecule has 0 radical (unpaired) electrons. The highest BCUT2D eigenvalue weighted by Gasteiger charge is 2.74. The molecule has 3 unspecified atom stereocenters. The molecule has 210 valence electrons. The molecule has 2 N–H and O–H groups in total. The van der Waals surface area contributed by atoms with E-state index in [9.17, 15) is 14.3 Å². The highest BCUT2D eigenvalue weighted by Crippen LogP contribution is 2.68. The lowest BCUT2D eigenvalue weighted by Gasteiger charge is -2.39. The van der Waals surface area contributed by atoms with Gasteiger partial charge in [0.15, 0.2) is 11.2 Å². The summed E-state index contributed by atoms with van der Waals surface area (Å²) in [6, 6.07) is 15.2. The number of benzene rings is 2. The minimum atomic E-state index is -1.98. The van der Waals surface area contributed by atoms with E-state index in [1.807, 2.05) is 31.2 Å². The second-order valence-electron chi connectivity index (χ2n) is 11.2. The summed E-state index contributed by atoms with van der Waals surface area (Å²) in [7, 11) is 1.52. The van der Waals surface area contributed by atoms with Crippen molar-refractivity contribution >= 4 is 15.9 Å². The summed E-state index contributed by atoms with van der Waals surface area (Å²) in [5, 5.41) is 13.3. The topological polar surface area (TPSA) is 97.3 Å². The molecule has 2 aromatic carbocycles. The average Bonchev–Trinajstić information content (AvgIpc) is 3.36. The molecule has 7 rings (SSSR count). The van der Waals surface area contributed by atoms with Crippen LogP contribution in [0.3, 0.4) is 0 Å². The van der Waals surface area contributed by atoms with E-state index in [2.05, 4.69) is 25.9 Å². The van der Waals surface area contributed by atoms with Crippen molar-refractivity contribution in [3.63, 3.8) is 0 Å². The molecule has 1 aliphatic heterocycles. The van der Waals surface area contributed by atoms with Crippen LogP contribution >= 0.6 is 15.9 Å². The summed E-state index contributed by atoms with van der Waals surface area (Å²) >= 11 is 3.51. The molecule has 1 fully saturated rings. The van der Waals surface area contributed by atoms with Crippen LogP contribution in [-0.2, 0) is 11.2 Å². The van der Waals surface area contributed by atoms with Crippen LogP contribution in [-0.4, -0.2) is 27.2 Å². The molecule has 0 spiro atoms. The zero-order valence-electron chi connectivity index (χ0n) is 22.7. The van der Waals surface area contributed by atoms with Crippen molar-refractivity contribution in [3.05, 3.63) is 115 Å². The van der Waals surface area contributed by atoms with Gasteiger partial charge in [0, 0.05) is 27.7 Å². The third-order valence-electron chi connectivity index (χ3n) is 8.91. The SMILES string of the molecule is COc1cc(C)nc2c1C1(O)c3nc(C4CCCCC4)[nH]c(=O)c3C(c3cccc(F)c3)C1(c1ccc(Br)cc1)O2. The van der Waals surface area contributed by atoms with Gasteiger partial charge in [-0.25, -0.2) is 14.4 Å². The Kier molecular flexibility index (Phi) is 6.10. The minimum absolute atomic E-state index is 0.0699. The fraction of sp³-hybridized carbons (Fsp3) is 0.344. The van der Waals surface area contributed by atoms with Gasteiger partial charge >= 0.3 is 0 Å². The molecule has 2 aliphatic carbocycles. The van der Waals surface area contributed by atoms with E-state index < -0.39 is 22.9 Å². The fourth-order valence-corrected chi connectivity index (χ4v) is 7.46. The number of pyridine rings is 1. The summed E-state index contributed by atoms with van der Waals surface area (Å²) in [5.41, 5.74) is -1.53. The molecule has 4 aromatic rings. The molecule has 9 heteroatoms. The number of rotatable bonds is 4. The van der Waals surface area contributed by atoms with Crippen LogP contribution in [0.15, 0.2) is 63.9 Å². The molecule has 0 saturated heterocycles. The Bertz CT molecular complexity index is 1740. The van der Waals surface area contributed by atoms with Crippen molar-refractivity contribution in [1.82, 2.24) is 15.0 Å². The van der Waals surface area contributed by atoms with Gasteiger partial charge in [-0.3, -0.25) is 4.79 Å². The van der Waals surface area contributed by atoms with Gasteiger partial charge in [0.25, 0.3) is 5.56 Å². The summed E-state index contributed by atoms with van der Waals surface area (Å²) in [6.45, 7) is 1.82. The van der Waals surface area contributed by atoms with Crippen LogP contribution in [0.4, 0.5) is 4.39 Å². The standard InChI is InChI=1S/C32H29BrFN3O4/c1-17-15-23(40-2)26-30(35-17)41-32(20-11-13-21(33)14-12-20)25(19-9-6-10-22(34)16-19)24-27(31(26,32)39)36-28(37-29(24)38)18-7-4-3-5-8-18/h6,9-16,18,25,39H,3-5,7-8H2,1-2H3,(H,36,37,38). The first-order chi connectivity index (χ1) is 19.8. The number of hydrogen-bond donors (Lipinski definition) is 2. The number of aromatic nitrogens is 3. The van der Waals surface area contributed by atoms with E-state index in [1.54, 1.807) is 18.2 Å². The molecule has 0 bridgehead atoms. The van der Waals surface area contributed by atoms with Crippen LogP contribution in [0.2, 0.25) is 0 Å². The van der Waals surface area contributed by atoms with E-state index in [0.29, 0.717) is 34.0 Å². The summed E-state index contributed by atoms with van der Waals surface area (Å²) in [5.74, 6) is -0.188. The zero-order valence-corrected chi connectivity index (χ0v) is 24.3. The van der Waals surface area contributed by atoms with Crippen LogP contribution in [0, 0.1) is 12.7 Å². The van der Waals surface area contributed by atoms with Crippen molar-refractivity contribution < 1.29 is 19.0 Å². The van der Waals surface area contributed by atoms with Gasteiger partial charge in [-0.1, -0.05) is 59.5 Å². The van der Waals surface area contributed by atoms with Crippen LogP contribution < -0.4 is 15.0 Å². The molecular weight excluding hydrogens is 589 g/mol. The van der Waals surface area contributed by atoms with Crippen molar-refractivity contribution in [2.75, 3.05) is 7.11 Å². The quantitative estimate of drug-likeness (QED) is 0.287. The second kappa shape index (κ2) is 9.49. The summed E-state index contributed by atoms with van der Waals surface area (Å²) in [6.07, 6.45) is 5.05. The Morgan fingerprint density at radius 2 is 1.85 bits per heavy atom. The van der Waals surface area contributed by atoms with Crippen LogP contribution in [0.5, 0.6) is 11.6 Å². The predicted molar refractivity (Wildman–Crippen MR) is 154 cm³/mol. The number of aliphatic hydroxyl groups is 1. The van der Waals surface area contributed by atoms with Gasteiger partial charge < -0.3 is 19.6 Å². The van der Waals surface area contributed by atoms with Crippen LogP contribution in [0.1, 0.15) is 83.4 Å². The number of nitrogens with zero attached hydrogens (tertiary/aromatic N) is 2. The molecular formula is C32H29BrFN3O4. The number of aromatic amines is 1. The van der Waals surface area contributed by atoms with E-state index in [-0.39, 0.29) is 28.6 Å². The molecule has 3 atom stereocenters. The third-order valence-corrected chi connectivity index (χ3v) is 9.44. The predicted octanol–water partition coefficient (Wildman–Crippen LogP) is 6.10. The number of aryl methyl sites for hydroxylation is 1. The molecule has 1 saturated carbocycles. The summed E-state index contributed by atoms with van der Waals surface area (Å²) in [4.78, 5) is 26.9. The van der Waals surface area contributed by atoms with Crippen molar-refractivity contribution in [2.45, 2.75) is 62.1 Å². The Balaban J connectivity index is 1.62. The number of hydrogen-bond acceptors (Lipinski definition) is 6. The maximum Gasteiger partial charge on any atom is 0.255 e. The number of fused-ring (bicyclic) bond motifs is 5. The van der Waals surface area contributed by atoms with Gasteiger partial charge in [-0.05, 0) is 49.6 Å². The van der Waals surface area contributed by atoms with Gasteiger partial charge in [0.1, 0.15) is 17.4 Å². The monoisotopic (exact) mass is 617 g/mol. The Morgan fingerprint density at radius 1 is 1.10 bits per heavy atom. The average molecular weight is 619 g/mol. The van der Waals surface area contributed by atoms with Crippen molar-refractivity contribution in [3.8, 4) is 11.6 Å². The normalized spacial score (nSPS) is 24.9. The van der Waals surface area contributed by atoms with Gasteiger partial charge in [0.2, 0.25) is 5.88 Å². The highest BCUT2D eigenvalue weighted by molar-refractivity contribution is 9.10. The molecule has 3 aliphatic rings. The highest BCUT2D eigenvalue weighted by atomic mass is 79.9. The summed E-state index contributed by atoms with van der Waals surface area (Å²) < 4.78 is 28.3. The molecule has 0 amide bonds. The third kappa shape index (κ3) is 3.68. The Labute approximate surface area is 244 Å². The van der Waals surface area contributed by atoms with E-state index in [1.165, 1.54) is 19.2 Å². The Hall–Kier alpha value is -3.56. The smallest absolute Gasteiger partial charge is 0.255 e. The lowest BCUT2D eigenvalue weighted by molar-refractivity contribution is -0.0921. The first-order valence-corrected chi connectivity index (χ1v) is 14.7. The number of halogens is 2. The number of H-pyrrole nitrogens is 1. The molecule has 7 nitrogen and oxygen atoms in total.